The number of nitrogens with zero attached hydrogens (tertiary/aromatic N) is 1. The zero-order valence-corrected chi connectivity index (χ0v) is 8.70. The van der Waals surface area contributed by atoms with Crippen molar-refractivity contribution in [1.82, 2.24) is 15.5 Å². The van der Waals surface area contributed by atoms with Crippen LogP contribution in [0, 0.1) is 0 Å². The maximum Gasteiger partial charge on any atom is 0.272 e. The van der Waals surface area contributed by atoms with Gasteiger partial charge in [0.2, 0.25) is 0 Å². The van der Waals surface area contributed by atoms with Gasteiger partial charge in [-0.1, -0.05) is 0 Å². The second-order valence-corrected chi connectivity index (χ2v) is 3.85. The van der Waals surface area contributed by atoms with Crippen LogP contribution in [0.1, 0.15) is 24.3 Å². The van der Waals surface area contributed by atoms with Crippen molar-refractivity contribution in [2.75, 3.05) is 6.54 Å². The van der Waals surface area contributed by atoms with Gasteiger partial charge < -0.3 is 11.1 Å². The van der Waals surface area contributed by atoms with Gasteiger partial charge in [-0.25, -0.2) is 5.10 Å². The summed E-state index contributed by atoms with van der Waals surface area (Å²) in [5.41, 5.74) is 4.79. The van der Waals surface area contributed by atoms with Crippen molar-refractivity contribution in [2.45, 2.75) is 19.4 Å². The van der Waals surface area contributed by atoms with E-state index in [0.717, 1.165) is 0 Å². The molecule has 4 N–H and O–H groups in total. The molecule has 1 amide bonds. The number of H-pyrrole nitrogens is 1. The highest BCUT2D eigenvalue weighted by atomic mass is 16.2. The number of carbonyl (C=O) groups excluding carboxylic acids is 1. The second kappa shape index (κ2) is 4.22. The van der Waals surface area contributed by atoms with Crippen LogP contribution in [0.5, 0.6) is 0 Å². The van der Waals surface area contributed by atoms with Gasteiger partial charge in [-0.2, -0.15) is 5.10 Å². The van der Waals surface area contributed by atoms with E-state index < -0.39 is 5.54 Å². The fourth-order valence-electron chi connectivity index (χ4n) is 0.893. The van der Waals surface area contributed by atoms with E-state index in [1.54, 1.807) is 13.8 Å². The number of nitrogens with one attached hydrogen (secondary N) is 2. The highest BCUT2D eigenvalue weighted by molar-refractivity contribution is 5.92. The number of carbonyl (C=O) groups is 1. The number of rotatable bonds is 3. The van der Waals surface area contributed by atoms with Crippen molar-refractivity contribution >= 4 is 5.91 Å². The molecule has 82 valence electrons. The number of hydrogen-bond donors (Lipinski definition) is 3. The lowest BCUT2D eigenvalue weighted by atomic mass is 10.1. The first-order valence-corrected chi connectivity index (χ1v) is 4.53. The first kappa shape index (κ1) is 11.4. The summed E-state index contributed by atoms with van der Waals surface area (Å²) in [6.45, 7) is 3.93. The second-order valence-electron chi connectivity index (χ2n) is 3.85. The smallest absolute Gasteiger partial charge is 0.272 e. The Balaban J connectivity index is 2.78. The van der Waals surface area contributed by atoms with Crippen molar-refractivity contribution in [3.05, 3.63) is 28.2 Å². The van der Waals surface area contributed by atoms with Gasteiger partial charge in [-0.3, -0.25) is 9.59 Å². The minimum atomic E-state index is -0.491. The zero-order chi connectivity index (χ0) is 11.5. The number of aromatic amines is 1. The average molecular weight is 210 g/mol. The topological polar surface area (TPSA) is 101 Å². The van der Waals surface area contributed by atoms with E-state index in [9.17, 15) is 9.59 Å². The summed E-state index contributed by atoms with van der Waals surface area (Å²) >= 11 is 0. The van der Waals surface area contributed by atoms with E-state index in [-0.39, 0.29) is 17.2 Å². The molecule has 1 aromatic heterocycles. The lowest BCUT2D eigenvalue weighted by molar-refractivity contribution is 0.0909. The third-order valence-corrected chi connectivity index (χ3v) is 1.87. The van der Waals surface area contributed by atoms with Crippen LogP contribution < -0.4 is 16.6 Å². The summed E-state index contributed by atoms with van der Waals surface area (Å²) in [6.07, 6.45) is 0. The van der Waals surface area contributed by atoms with Crippen LogP contribution in [0.2, 0.25) is 0 Å². The minimum absolute atomic E-state index is 0.163. The standard InChI is InChI=1S/C9H14N4O2/c1-9(2,5-10)11-8(15)6-3-4-7(14)13-12-6/h3-4H,5,10H2,1-2H3,(H,11,15)(H,13,14). The molecule has 0 saturated carbocycles. The Labute approximate surface area is 86.9 Å². The van der Waals surface area contributed by atoms with E-state index in [0.29, 0.717) is 6.54 Å². The lowest BCUT2D eigenvalue weighted by Crippen LogP contribution is -2.49. The van der Waals surface area contributed by atoms with Gasteiger partial charge in [-0.15, -0.1) is 0 Å². The van der Waals surface area contributed by atoms with Crippen LogP contribution in [0.4, 0.5) is 0 Å². The van der Waals surface area contributed by atoms with Crippen molar-refractivity contribution in [3.63, 3.8) is 0 Å². The quantitative estimate of drug-likeness (QED) is 0.610. The Morgan fingerprint density at radius 1 is 1.60 bits per heavy atom. The Morgan fingerprint density at radius 3 is 2.73 bits per heavy atom. The molecule has 0 bridgehead atoms. The molecule has 1 aromatic rings. The molecule has 6 nitrogen and oxygen atoms in total. The van der Waals surface area contributed by atoms with Crippen LogP contribution in [0.3, 0.4) is 0 Å². The Kier molecular flexibility index (Phi) is 3.21. The lowest BCUT2D eigenvalue weighted by Gasteiger charge is -2.23. The molecule has 6 heteroatoms. The summed E-state index contributed by atoms with van der Waals surface area (Å²) in [7, 11) is 0. The van der Waals surface area contributed by atoms with Gasteiger partial charge in [0.25, 0.3) is 11.5 Å². The van der Waals surface area contributed by atoms with Crippen molar-refractivity contribution < 1.29 is 4.79 Å². The van der Waals surface area contributed by atoms with E-state index in [1.807, 2.05) is 0 Å². The van der Waals surface area contributed by atoms with Crippen LogP contribution >= 0.6 is 0 Å². The maximum absolute atomic E-state index is 11.6. The molecule has 1 rings (SSSR count). The van der Waals surface area contributed by atoms with Crippen LogP contribution in [0.25, 0.3) is 0 Å². The fourth-order valence-corrected chi connectivity index (χ4v) is 0.893. The summed E-state index contributed by atoms with van der Waals surface area (Å²) < 4.78 is 0. The van der Waals surface area contributed by atoms with Crippen molar-refractivity contribution in [2.24, 2.45) is 5.73 Å². The maximum atomic E-state index is 11.6. The van der Waals surface area contributed by atoms with Gasteiger partial charge in [-0.05, 0) is 19.9 Å². The summed E-state index contributed by atoms with van der Waals surface area (Å²) in [4.78, 5) is 22.3. The molecule has 1 heterocycles. The van der Waals surface area contributed by atoms with E-state index in [1.165, 1.54) is 12.1 Å². The van der Waals surface area contributed by atoms with E-state index in [2.05, 4.69) is 15.5 Å². The third kappa shape index (κ3) is 3.17. The van der Waals surface area contributed by atoms with Crippen LogP contribution in [-0.4, -0.2) is 28.2 Å². The van der Waals surface area contributed by atoms with Crippen LogP contribution in [-0.2, 0) is 0 Å². The number of amides is 1. The molecule has 0 spiro atoms. The van der Waals surface area contributed by atoms with Gasteiger partial charge in [0.1, 0.15) is 5.69 Å². The summed E-state index contributed by atoms with van der Waals surface area (Å²) in [6, 6.07) is 2.61. The molecule has 0 aliphatic heterocycles. The van der Waals surface area contributed by atoms with Crippen LogP contribution in [0.15, 0.2) is 16.9 Å². The predicted octanol–water partition coefficient (Wildman–Crippen LogP) is -0.763. The van der Waals surface area contributed by atoms with Gasteiger partial charge >= 0.3 is 0 Å². The summed E-state index contributed by atoms with van der Waals surface area (Å²) in [5.74, 6) is -0.360. The largest absolute Gasteiger partial charge is 0.344 e. The molecular weight excluding hydrogens is 196 g/mol. The molecule has 0 aliphatic carbocycles. The molecular formula is C9H14N4O2. The molecule has 0 radical (unpaired) electrons. The highest BCUT2D eigenvalue weighted by Crippen LogP contribution is 2.00. The van der Waals surface area contributed by atoms with Crippen molar-refractivity contribution in [1.29, 1.82) is 0 Å². The molecule has 0 atom stereocenters. The molecule has 0 aromatic carbocycles. The van der Waals surface area contributed by atoms with Gasteiger partial charge in [0, 0.05) is 18.2 Å². The minimum Gasteiger partial charge on any atom is -0.344 e. The molecule has 0 unspecified atom stereocenters. The molecule has 15 heavy (non-hydrogen) atoms. The normalized spacial score (nSPS) is 11.1. The third-order valence-electron chi connectivity index (χ3n) is 1.87. The molecule has 0 saturated heterocycles. The Hall–Kier alpha value is -1.69. The van der Waals surface area contributed by atoms with Crippen molar-refractivity contribution in [3.8, 4) is 0 Å². The number of aromatic nitrogens is 2. The molecule has 0 aliphatic rings. The number of nitrogens with two attached hydrogens (primary N) is 1. The van der Waals surface area contributed by atoms with E-state index >= 15 is 0 Å². The monoisotopic (exact) mass is 210 g/mol. The Bertz CT molecular complexity index is 390. The average Bonchev–Trinajstić information content (AvgIpc) is 2.18. The SMILES string of the molecule is CC(C)(CN)NC(=O)c1ccc(=O)[nH]n1. The first-order valence-electron chi connectivity index (χ1n) is 4.53. The number of hydrogen-bond acceptors (Lipinski definition) is 4. The highest BCUT2D eigenvalue weighted by Gasteiger charge is 2.19. The first-order chi connectivity index (χ1) is 6.94. The van der Waals surface area contributed by atoms with E-state index in [4.69, 9.17) is 5.73 Å². The zero-order valence-electron chi connectivity index (χ0n) is 8.70. The Morgan fingerprint density at radius 2 is 2.27 bits per heavy atom. The molecule has 0 fully saturated rings. The fraction of sp³-hybridized carbons (Fsp3) is 0.444. The predicted molar refractivity (Wildman–Crippen MR) is 55.5 cm³/mol. The van der Waals surface area contributed by atoms with Gasteiger partial charge in [0.05, 0.1) is 0 Å². The van der Waals surface area contributed by atoms with Gasteiger partial charge in [0.15, 0.2) is 0 Å². The summed E-state index contributed by atoms with van der Waals surface area (Å²) in [5, 5.41) is 8.49.